The molecule has 1 aliphatic carbocycles. The first-order valence-electron chi connectivity index (χ1n) is 6.73. The summed E-state index contributed by atoms with van der Waals surface area (Å²) in [6.45, 7) is 6.83. The van der Waals surface area contributed by atoms with Gasteiger partial charge >= 0.3 is 5.97 Å². The molecule has 2 fully saturated rings. The Morgan fingerprint density at radius 2 is 2.00 bits per heavy atom. The molecule has 0 aromatic heterocycles. The number of hydrogen-bond acceptors (Lipinski definition) is 3. The molecule has 18 heavy (non-hydrogen) atoms. The number of halogens is 1. The lowest BCUT2D eigenvalue weighted by Gasteiger charge is -2.29. The van der Waals surface area contributed by atoms with Crippen LogP contribution in [0, 0.1) is 11.3 Å². The minimum Gasteiger partial charge on any atom is -0.466 e. The molecule has 1 spiro atoms. The van der Waals surface area contributed by atoms with Gasteiger partial charge in [0.05, 0.1) is 7.11 Å². The highest BCUT2D eigenvalue weighted by molar-refractivity contribution is 6.35. The van der Waals surface area contributed by atoms with E-state index in [4.69, 9.17) is 21.1 Å². The van der Waals surface area contributed by atoms with Gasteiger partial charge in [-0.05, 0) is 37.0 Å². The first-order chi connectivity index (χ1) is 8.25. The van der Waals surface area contributed by atoms with Gasteiger partial charge < -0.3 is 9.47 Å². The first kappa shape index (κ1) is 14.1. The van der Waals surface area contributed by atoms with E-state index in [0.29, 0.717) is 11.3 Å². The molecule has 0 amide bonds. The molecular weight excluding hydrogens is 252 g/mol. The van der Waals surface area contributed by atoms with Crippen LogP contribution in [0.4, 0.5) is 0 Å². The molecule has 3 nitrogen and oxygen atoms in total. The number of hydrogen-bond donors (Lipinski definition) is 0. The molecular formula is C14H23ClO3. The second-order valence-electron chi connectivity index (χ2n) is 6.68. The number of carbonyl (C=O) groups excluding carboxylic acids is 1. The molecule has 2 aliphatic rings. The number of epoxide rings is 1. The maximum atomic E-state index is 11.7. The fourth-order valence-corrected chi connectivity index (χ4v) is 3.62. The van der Waals surface area contributed by atoms with E-state index in [9.17, 15) is 4.79 Å². The van der Waals surface area contributed by atoms with Crippen LogP contribution in [0.2, 0.25) is 0 Å². The van der Waals surface area contributed by atoms with E-state index in [2.05, 4.69) is 20.8 Å². The first-order valence-corrected chi connectivity index (χ1v) is 7.10. The normalized spacial score (nSPS) is 40.4. The lowest BCUT2D eigenvalue weighted by Crippen LogP contribution is -2.30. The van der Waals surface area contributed by atoms with Gasteiger partial charge in [-0.25, -0.2) is 4.79 Å². The van der Waals surface area contributed by atoms with Gasteiger partial charge in [0.1, 0.15) is 5.60 Å². The third-order valence-corrected chi connectivity index (χ3v) is 5.16. The second kappa shape index (κ2) is 4.38. The van der Waals surface area contributed by atoms with Crippen LogP contribution in [0.1, 0.15) is 52.9 Å². The number of ether oxygens (including phenoxy) is 2. The summed E-state index contributed by atoms with van der Waals surface area (Å²) in [5.74, 6) is 0.220. The maximum absolute atomic E-state index is 11.7. The Kier molecular flexibility index (Phi) is 3.44. The minimum absolute atomic E-state index is 0.306. The molecule has 0 radical (unpaired) electrons. The van der Waals surface area contributed by atoms with Crippen LogP contribution < -0.4 is 0 Å². The largest absolute Gasteiger partial charge is 0.466 e. The summed E-state index contributed by atoms with van der Waals surface area (Å²) < 4.78 is 10.4. The molecule has 3 atom stereocenters. The van der Waals surface area contributed by atoms with Gasteiger partial charge in [0, 0.05) is 0 Å². The number of rotatable bonds is 1. The van der Waals surface area contributed by atoms with Crippen molar-refractivity contribution in [2.75, 3.05) is 7.11 Å². The lowest BCUT2D eigenvalue weighted by atomic mass is 9.76. The standard InChI is InChI=1S/C14H23ClO3/c1-12(2,3)10-6-5-8-13(9-7-10)14(15,18-13)11(16)17-4/h10H,5-9H2,1-4H3. The maximum Gasteiger partial charge on any atom is 0.357 e. The van der Waals surface area contributed by atoms with Gasteiger partial charge in [-0.15, -0.1) is 0 Å². The molecule has 0 bridgehead atoms. The summed E-state index contributed by atoms with van der Waals surface area (Å²) in [5, 5.41) is -1.21. The highest BCUT2D eigenvalue weighted by Gasteiger charge is 2.74. The Morgan fingerprint density at radius 1 is 1.33 bits per heavy atom. The monoisotopic (exact) mass is 274 g/mol. The number of esters is 1. The van der Waals surface area contributed by atoms with E-state index >= 15 is 0 Å². The SMILES string of the molecule is COC(=O)C1(Cl)OC12CCCC(C(C)(C)C)CC2. The number of carbonyl (C=O) groups is 1. The van der Waals surface area contributed by atoms with Crippen molar-refractivity contribution in [3.63, 3.8) is 0 Å². The van der Waals surface area contributed by atoms with Gasteiger partial charge in [0.2, 0.25) is 0 Å². The predicted molar refractivity (Wildman–Crippen MR) is 70.4 cm³/mol. The van der Waals surface area contributed by atoms with Gasteiger partial charge in [-0.2, -0.15) is 0 Å². The predicted octanol–water partition coefficient (Wildman–Crippen LogP) is 3.49. The summed E-state index contributed by atoms with van der Waals surface area (Å²) in [5.41, 5.74) is -0.164. The van der Waals surface area contributed by atoms with Crippen LogP contribution in [0.25, 0.3) is 0 Å². The van der Waals surface area contributed by atoms with Crippen LogP contribution >= 0.6 is 11.6 Å². The molecule has 1 heterocycles. The molecule has 4 heteroatoms. The molecule has 0 N–H and O–H groups in total. The van der Waals surface area contributed by atoms with E-state index in [0.717, 1.165) is 25.7 Å². The molecule has 0 aromatic carbocycles. The Balaban J connectivity index is 2.06. The third-order valence-electron chi connectivity index (χ3n) is 4.58. The fraction of sp³-hybridized carbons (Fsp3) is 0.929. The summed E-state index contributed by atoms with van der Waals surface area (Å²) in [6, 6.07) is 0. The molecule has 0 aromatic rings. The van der Waals surface area contributed by atoms with E-state index in [1.54, 1.807) is 0 Å². The van der Waals surface area contributed by atoms with Gasteiger partial charge in [-0.3, -0.25) is 0 Å². The van der Waals surface area contributed by atoms with Crippen molar-refractivity contribution < 1.29 is 14.3 Å². The Morgan fingerprint density at radius 3 is 2.56 bits per heavy atom. The summed E-state index contributed by atoms with van der Waals surface area (Å²) in [7, 11) is 1.36. The van der Waals surface area contributed by atoms with Crippen LogP contribution in [0.5, 0.6) is 0 Å². The van der Waals surface area contributed by atoms with E-state index in [-0.39, 0.29) is 0 Å². The molecule has 1 aliphatic heterocycles. The third kappa shape index (κ3) is 2.16. The van der Waals surface area contributed by atoms with Crippen LogP contribution in [-0.4, -0.2) is 23.7 Å². The lowest BCUT2D eigenvalue weighted by molar-refractivity contribution is -0.143. The molecule has 104 valence electrons. The van der Waals surface area contributed by atoms with Crippen LogP contribution in [0.15, 0.2) is 0 Å². The van der Waals surface area contributed by atoms with Crippen molar-refractivity contribution >= 4 is 17.6 Å². The Labute approximate surface area is 114 Å². The van der Waals surface area contributed by atoms with E-state index < -0.39 is 16.6 Å². The summed E-state index contributed by atoms with van der Waals surface area (Å²) in [4.78, 5) is 11.7. The van der Waals surface area contributed by atoms with Crippen molar-refractivity contribution in [3.05, 3.63) is 0 Å². The van der Waals surface area contributed by atoms with Crippen molar-refractivity contribution in [2.45, 2.75) is 63.5 Å². The zero-order valence-corrected chi connectivity index (χ0v) is 12.5. The van der Waals surface area contributed by atoms with Gasteiger partial charge in [-0.1, -0.05) is 38.8 Å². The van der Waals surface area contributed by atoms with Gasteiger partial charge in [0.15, 0.2) is 0 Å². The highest BCUT2D eigenvalue weighted by atomic mass is 35.5. The van der Waals surface area contributed by atoms with Crippen molar-refractivity contribution in [1.82, 2.24) is 0 Å². The zero-order valence-electron chi connectivity index (χ0n) is 11.7. The molecule has 1 saturated heterocycles. The summed E-state index contributed by atoms with van der Waals surface area (Å²) in [6.07, 6.45) is 5.02. The highest BCUT2D eigenvalue weighted by Crippen LogP contribution is 2.60. The average molecular weight is 275 g/mol. The van der Waals surface area contributed by atoms with Crippen LogP contribution in [-0.2, 0) is 14.3 Å². The second-order valence-corrected chi connectivity index (χ2v) is 7.21. The van der Waals surface area contributed by atoms with Crippen molar-refractivity contribution in [3.8, 4) is 0 Å². The quantitative estimate of drug-likeness (QED) is 0.417. The Bertz CT molecular complexity index is 349. The minimum atomic E-state index is -1.21. The average Bonchev–Trinajstić information content (AvgIpc) is 2.94. The van der Waals surface area contributed by atoms with Crippen LogP contribution in [0.3, 0.4) is 0 Å². The number of methoxy groups -OCH3 is 1. The molecule has 1 saturated carbocycles. The van der Waals surface area contributed by atoms with Crippen molar-refractivity contribution in [2.24, 2.45) is 11.3 Å². The zero-order chi connectivity index (χ0) is 13.6. The summed E-state index contributed by atoms with van der Waals surface area (Å²) >= 11 is 6.27. The van der Waals surface area contributed by atoms with E-state index in [1.165, 1.54) is 13.5 Å². The van der Waals surface area contributed by atoms with Gasteiger partial charge in [0.25, 0.3) is 5.06 Å². The molecule has 3 unspecified atom stereocenters. The molecule has 2 rings (SSSR count). The Hall–Kier alpha value is -0.280. The fourth-order valence-electron chi connectivity index (χ4n) is 3.20. The smallest absolute Gasteiger partial charge is 0.357 e. The van der Waals surface area contributed by atoms with Crippen molar-refractivity contribution in [1.29, 1.82) is 0 Å². The topological polar surface area (TPSA) is 38.8 Å². The number of alkyl halides is 1. The van der Waals surface area contributed by atoms with E-state index in [1.807, 2.05) is 0 Å².